The van der Waals surface area contributed by atoms with Crippen LogP contribution in [0.2, 0.25) is 0 Å². The number of carbonyl (C=O) groups excluding carboxylic acids is 1. The molecule has 0 fully saturated rings. The third-order valence-corrected chi connectivity index (χ3v) is 5.91. The van der Waals surface area contributed by atoms with E-state index in [9.17, 15) is 13.2 Å². The smallest absolute Gasteiger partial charge is 0.340 e. The Morgan fingerprint density at radius 1 is 1.31 bits per heavy atom. The van der Waals surface area contributed by atoms with Gasteiger partial charge >= 0.3 is 5.97 Å². The van der Waals surface area contributed by atoms with Crippen LogP contribution in [0.1, 0.15) is 21.8 Å². The summed E-state index contributed by atoms with van der Waals surface area (Å²) in [5.41, 5.74) is 1.47. The van der Waals surface area contributed by atoms with Crippen molar-refractivity contribution in [1.29, 1.82) is 0 Å². The second-order valence-corrected chi connectivity index (χ2v) is 8.97. The van der Waals surface area contributed by atoms with Crippen molar-refractivity contribution in [3.63, 3.8) is 0 Å². The fourth-order valence-electron chi connectivity index (χ4n) is 2.74. The first-order chi connectivity index (χ1) is 12.3. The van der Waals surface area contributed by atoms with Gasteiger partial charge in [0.15, 0.2) is 0 Å². The van der Waals surface area contributed by atoms with E-state index >= 15 is 0 Å². The van der Waals surface area contributed by atoms with E-state index in [1.807, 2.05) is 18.2 Å². The van der Waals surface area contributed by atoms with Crippen molar-refractivity contribution in [3.8, 4) is 5.75 Å². The Morgan fingerprint density at radius 2 is 2.04 bits per heavy atom. The third kappa shape index (κ3) is 3.86. The number of halogens is 1. The summed E-state index contributed by atoms with van der Waals surface area (Å²) < 4.78 is 36.7. The maximum atomic E-state index is 12.5. The molecule has 26 heavy (non-hydrogen) atoms. The highest BCUT2D eigenvalue weighted by molar-refractivity contribution is 9.10. The molecule has 3 rings (SSSR count). The Hall–Kier alpha value is -2.06. The van der Waals surface area contributed by atoms with E-state index < -0.39 is 16.0 Å². The predicted molar refractivity (Wildman–Crippen MR) is 102 cm³/mol. The molecule has 6 nitrogen and oxygen atoms in total. The summed E-state index contributed by atoms with van der Waals surface area (Å²) >= 11 is 3.43. The van der Waals surface area contributed by atoms with Gasteiger partial charge in [0.1, 0.15) is 12.4 Å². The molecule has 1 unspecified atom stereocenters. The van der Waals surface area contributed by atoms with Crippen molar-refractivity contribution in [2.24, 2.45) is 0 Å². The highest BCUT2D eigenvalue weighted by Gasteiger charge is 2.27. The molecule has 0 saturated carbocycles. The maximum Gasteiger partial charge on any atom is 0.340 e. The van der Waals surface area contributed by atoms with Gasteiger partial charge in [0.25, 0.3) is 0 Å². The first-order valence-corrected chi connectivity index (χ1v) is 10.5. The summed E-state index contributed by atoms with van der Waals surface area (Å²) in [6.07, 6.45) is 1.08. The Balaban J connectivity index is 1.76. The van der Waals surface area contributed by atoms with E-state index in [4.69, 9.17) is 9.47 Å². The molecule has 0 bridgehead atoms. The summed E-state index contributed by atoms with van der Waals surface area (Å²) in [7, 11) is -2.08. The standard InChI is InChI=1S/C18H18BrNO5S/c1-20(26(2,22)23)16-6-4-3-5-14(16)18(21)25-11-12-10-24-17-8-7-13(19)9-15(12)17/h3-9,12H,10-11H2,1-2H3. The van der Waals surface area contributed by atoms with Crippen LogP contribution in [0.3, 0.4) is 0 Å². The second kappa shape index (κ2) is 7.28. The fraction of sp³-hybridized carbons (Fsp3) is 0.278. The molecular weight excluding hydrogens is 422 g/mol. The Bertz CT molecular complexity index is 944. The summed E-state index contributed by atoms with van der Waals surface area (Å²) in [5, 5.41) is 0. The van der Waals surface area contributed by atoms with E-state index in [2.05, 4.69) is 15.9 Å². The fourth-order valence-corrected chi connectivity index (χ4v) is 3.64. The molecule has 0 amide bonds. The molecule has 2 aromatic carbocycles. The number of sulfonamides is 1. The molecule has 1 atom stereocenters. The van der Waals surface area contributed by atoms with E-state index in [1.54, 1.807) is 24.3 Å². The first kappa shape index (κ1) is 18.7. The van der Waals surface area contributed by atoms with Crippen LogP contribution in [0.15, 0.2) is 46.9 Å². The van der Waals surface area contributed by atoms with Crippen molar-refractivity contribution in [2.75, 3.05) is 30.8 Å². The zero-order valence-electron chi connectivity index (χ0n) is 14.3. The van der Waals surface area contributed by atoms with Crippen molar-refractivity contribution in [3.05, 3.63) is 58.1 Å². The van der Waals surface area contributed by atoms with Crippen LogP contribution in [0.25, 0.3) is 0 Å². The average molecular weight is 440 g/mol. The van der Waals surface area contributed by atoms with Gasteiger partial charge in [-0.15, -0.1) is 0 Å². The lowest BCUT2D eigenvalue weighted by Gasteiger charge is -2.19. The van der Waals surface area contributed by atoms with Crippen molar-refractivity contribution in [1.82, 2.24) is 0 Å². The van der Waals surface area contributed by atoms with Crippen molar-refractivity contribution >= 4 is 37.6 Å². The molecule has 0 aromatic heterocycles. The van der Waals surface area contributed by atoms with Crippen LogP contribution in [-0.4, -0.2) is 40.9 Å². The average Bonchev–Trinajstić information content (AvgIpc) is 3.00. The summed E-state index contributed by atoms with van der Waals surface area (Å²) in [4.78, 5) is 12.5. The number of fused-ring (bicyclic) bond motifs is 1. The predicted octanol–water partition coefficient (Wildman–Crippen LogP) is 3.18. The number of nitrogens with zero attached hydrogens (tertiary/aromatic N) is 1. The molecule has 2 aromatic rings. The quantitative estimate of drug-likeness (QED) is 0.668. The minimum Gasteiger partial charge on any atom is -0.493 e. The number of hydrogen-bond donors (Lipinski definition) is 0. The highest BCUT2D eigenvalue weighted by Crippen LogP contribution is 2.36. The van der Waals surface area contributed by atoms with Gasteiger partial charge in [0.2, 0.25) is 10.0 Å². The van der Waals surface area contributed by atoms with Crippen molar-refractivity contribution in [2.45, 2.75) is 5.92 Å². The molecule has 0 aliphatic carbocycles. The van der Waals surface area contributed by atoms with Gasteiger partial charge in [-0.3, -0.25) is 4.31 Å². The van der Waals surface area contributed by atoms with Crippen LogP contribution < -0.4 is 9.04 Å². The third-order valence-electron chi connectivity index (χ3n) is 4.23. The maximum absolute atomic E-state index is 12.5. The van der Waals surface area contributed by atoms with Gasteiger partial charge in [-0.25, -0.2) is 13.2 Å². The zero-order valence-corrected chi connectivity index (χ0v) is 16.7. The van der Waals surface area contributed by atoms with E-state index in [-0.39, 0.29) is 23.8 Å². The number of carbonyl (C=O) groups is 1. The largest absolute Gasteiger partial charge is 0.493 e. The Morgan fingerprint density at radius 3 is 2.77 bits per heavy atom. The number of hydrogen-bond acceptors (Lipinski definition) is 5. The number of rotatable bonds is 5. The van der Waals surface area contributed by atoms with Crippen LogP contribution in [0, 0.1) is 0 Å². The number of ether oxygens (including phenoxy) is 2. The molecule has 0 saturated heterocycles. The number of benzene rings is 2. The number of anilines is 1. The van der Waals surface area contributed by atoms with Crippen LogP contribution in [0.4, 0.5) is 5.69 Å². The molecule has 138 valence electrons. The normalized spacial score (nSPS) is 15.9. The van der Waals surface area contributed by atoms with Gasteiger partial charge in [0.05, 0.1) is 30.0 Å². The Labute approximate surface area is 160 Å². The molecule has 8 heteroatoms. The van der Waals surface area contributed by atoms with Gasteiger partial charge in [-0.2, -0.15) is 0 Å². The van der Waals surface area contributed by atoms with Gasteiger partial charge in [-0.1, -0.05) is 28.1 Å². The molecular formula is C18H18BrNO5S. The topological polar surface area (TPSA) is 72.9 Å². The molecule has 1 aliphatic heterocycles. The van der Waals surface area contributed by atoms with Crippen LogP contribution >= 0.6 is 15.9 Å². The van der Waals surface area contributed by atoms with Gasteiger partial charge < -0.3 is 9.47 Å². The van der Waals surface area contributed by atoms with E-state index in [1.165, 1.54) is 7.05 Å². The monoisotopic (exact) mass is 439 g/mol. The lowest BCUT2D eigenvalue weighted by molar-refractivity contribution is 0.0471. The minimum absolute atomic E-state index is 0.0637. The zero-order chi connectivity index (χ0) is 18.9. The van der Waals surface area contributed by atoms with Crippen molar-refractivity contribution < 1.29 is 22.7 Å². The minimum atomic E-state index is -3.49. The summed E-state index contributed by atoms with van der Waals surface area (Å²) in [6.45, 7) is 0.586. The van der Waals surface area contributed by atoms with Gasteiger partial charge in [-0.05, 0) is 30.3 Å². The second-order valence-electron chi connectivity index (χ2n) is 6.04. The molecule has 0 radical (unpaired) electrons. The highest BCUT2D eigenvalue weighted by atomic mass is 79.9. The van der Waals surface area contributed by atoms with Crippen LogP contribution in [-0.2, 0) is 14.8 Å². The lowest BCUT2D eigenvalue weighted by Crippen LogP contribution is -2.27. The molecule has 0 spiro atoms. The van der Waals surface area contributed by atoms with Crippen LogP contribution in [0.5, 0.6) is 5.75 Å². The lowest BCUT2D eigenvalue weighted by atomic mass is 10.0. The summed E-state index contributed by atoms with van der Waals surface area (Å²) in [6, 6.07) is 12.2. The number of para-hydroxylation sites is 1. The molecule has 0 N–H and O–H groups in total. The number of esters is 1. The summed E-state index contributed by atoms with van der Waals surface area (Å²) in [5.74, 6) is 0.150. The first-order valence-electron chi connectivity index (χ1n) is 7.89. The Kier molecular flexibility index (Phi) is 5.24. The van der Waals surface area contributed by atoms with E-state index in [0.29, 0.717) is 6.61 Å². The molecule has 1 aliphatic rings. The van der Waals surface area contributed by atoms with Gasteiger partial charge in [0, 0.05) is 17.1 Å². The van der Waals surface area contributed by atoms with E-state index in [0.717, 1.165) is 26.3 Å². The molecule has 1 heterocycles. The SMILES string of the molecule is CN(c1ccccc1C(=O)OCC1COc2ccc(Br)cc21)S(C)(=O)=O.